The Bertz CT molecular complexity index is 553. The summed E-state index contributed by atoms with van der Waals surface area (Å²) >= 11 is 0. The summed E-state index contributed by atoms with van der Waals surface area (Å²) in [6, 6.07) is 5.97. The maximum atomic E-state index is 5.74. The van der Waals surface area contributed by atoms with E-state index in [4.69, 9.17) is 15.0 Å². The van der Waals surface area contributed by atoms with Crippen LogP contribution in [0.5, 0.6) is 5.75 Å². The van der Waals surface area contributed by atoms with Crippen molar-refractivity contribution in [1.82, 2.24) is 5.16 Å². The molecule has 0 aliphatic heterocycles. The number of nitrogen functional groups attached to an aromatic ring is 1. The molecule has 0 amide bonds. The number of hydrogen-bond donors (Lipinski definition) is 1. The normalized spacial score (nSPS) is 11.6. The van der Waals surface area contributed by atoms with Crippen molar-refractivity contribution in [3.05, 3.63) is 30.0 Å². The second-order valence-electron chi connectivity index (χ2n) is 5.27. The van der Waals surface area contributed by atoms with Gasteiger partial charge in [-0.3, -0.25) is 0 Å². The first-order chi connectivity index (χ1) is 8.43. The summed E-state index contributed by atoms with van der Waals surface area (Å²) in [5, 5.41) is 3.70. The van der Waals surface area contributed by atoms with Crippen LogP contribution in [0.25, 0.3) is 11.1 Å². The van der Waals surface area contributed by atoms with Crippen molar-refractivity contribution in [2.75, 3.05) is 12.8 Å². The van der Waals surface area contributed by atoms with Gasteiger partial charge in [0.15, 0.2) is 0 Å². The maximum Gasteiger partial charge on any atom is 0.229 e. The molecule has 4 heteroatoms. The highest BCUT2D eigenvalue weighted by molar-refractivity contribution is 5.73. The van der Waals surface area contributed by atoms with Crippen LogP contribution >= 0.6 is 0 Å². The Morgan fingerprint density at radius 3 is 2.50 bits per heavy atom. The minimum Gasteiger partial charge on any atom is -0.496 e. The highest BCUT2D eigenvalue weighted by Crippen LogP contribution is 2.36. The van der Waals surface area contributed by atoms with Crippen LogP contribution in [0.1, 0.15) is 26.3 Å². The number of methoxy groups -OCH3 is 1. The van der Waals surface area contributed by atoms with Gasteiger partial charge in [0, 0.05) is 5.56 Å². The van der Waals surface area contributed by atoms with Crippen LogP contribution in [0.2, 0.25) is 0 Å². The molecule has 1 aromatic carbocycles. The van der Waals surface area contributed by atoms with Gasteiger partial charge >= 0.3 is 0 Å². The van der Waals surface area contributed by atoms with Gasteiger partial charge in [0.25, 0.3) is 0 Å². The molecule has 0 spiro atoms. The van der Waals surface area contributed by atoms with E-state index in [1.165, 1.54) is 0 Å². The summed E-state index contributed by atoms with van der Waals surface area (Å²) in [7, 11) is 1.68. The van der Waals surface area contributed by atoms with Crippen molar-refractivity contribution in [3.63, 3.8) is 0 Å². The summed E-state index contributed by atoms with van der Waals surface area (Å²) in [5.74, 6) is 1.21. The molecule has 0 saturated carbocycles. The Balaban J connectivity index is 2.57. The van der Waals surface area contributed by atoms with Gasteiger partial charge in [0.1, 0.15) is 5.75 Å². The molecule has 0 bridgehead atoms. The summed E-state index contributed by atoms with van der Waals surface area (Å²) in [6.07, 6.45) is 1.63. The van der Waals surface area contributed by atoms with E-state index in [2.05, 4.69) is 32.0 Å². The number of anilines is 1. The molecule has 1 heterocycles. The third-order valence-corrected chi connectivity index (χ3v) is 2.92. The molecule has 0 fully saturated rings. The standard InChI is InChI=1S/C14H18N2O2/c1-14(2,3)11-7-9(5-6-12(11)17-4)10-8-16-18-13(10)15/h5-8H,15H2,1-4H3. The average molecular weight is 246 g/mol. The van der Waals surface area contributed by atoms with Crippen LogP contribution in [0.15, 0.2) is 28.9 Å². The van der Waals surface area contributed by atoms with Crippen molar-refractivity contribution in [2.24, 2.45) is 0 Å². The number of hydrogen-bond acceptors (Lipinski definition) is 4. The first-order valence-corrected chi connectivity index (χ1v) is 5.82. The fraction of sp³-hybridized carbons (Fsp3) is 0.357. The van der Waals surface area contributed by atoms with Crippen LogP contribution in [0, 0.1) is 0 Å². The lowest BCUT2D eigenvalue weighted by Crippen LogP contribution is -2.12. The first kappa shape index (κ1) is 12.5. The smallest absolute Gasteiger partial charge is 0.229 e. The van der Waals surface area contributed by atoms with E-state index < -0.39 is 0 Å². The summed E-state index contributed by atoms with van der Waals surface area (Å²) in [5.41, 5.74) is 8.66. The summed E-state index contributed by atoms with van der Waals surface area (Å²) in [6.45, 7) is 6.43. The van der Waals surface area contributed by atoms with E-state index in [-0.39, 0.29) is 5.41 Å². The van der Waals surface area contributed by atoms with E-state index in [1.54, 1.807) is 13.3 Å². The van der Waals surface area contributed by atoms with Gasteiger partial charge in [0.05, 0.1) is 18.9 Å². The van der Waals surface area contributed by atoms with Crippen molar-refractivity contribution < 1.29 is 9.26 Å². The summed E-state index contributed by atoms with van der Waals surface area (Å²) < 4.78 is 10.3. The van der Waals surface area contributed by atoms with Crippen LogP contribution in [-0.2, 0) is 5.41 Å². The number of benzene rings is 1. The average Bonchev–Trinajstić information content (AvgIpc) is 2.73. The van der Waals surface area contributed by atoms with Crippen LogP contribution in [0.3, 0.4) is 0 Å². The Hall–Kier alpha value is -1.97. The van der Waals surface area contributed by atoms with Crippen LogP contribution in [0.4, 0.5) is 5.88 Å². The Morgan fingerprint density at radius 1 is 1.28 bits per heavy atom. The lowest BCUT2D eigenvalue weighted by molar-refractivity contribution is 0.397. The largest absolute Gasteiger partial charge is 0.496 e. The summed E-state index contributed by atoms with van der Waals surface area (Å²) in [4.78, 5) is 0. The number of nitrogens with two attached hydrogens (primary N) is 1. The molecular weight excluding hydrogens is 228 g/mol. The molecule has 0 saturated heterocycles. The van der Waals surface area contributed by atoms with Gasteiger partial charge in [-0.15, -0.1) is 0 Å². The molecule has 4 nitrogen and oxygen atoms in total. The molecule has 2 rings (SSSR count). The minimum absolute atomic E-state index is 0.00667. The number of aromatic nitrogens is 1. The number of ether oxygens (including phenoxy) is 1. The van der Waals surface area contributed by atoms with E-state index in [0.717, 1.165) is 22.4 Å². The van der Waals surface area contributed by atoms with Crippen LogP contribution < -0.4 is 10.5 Å². The zero-order valence-corrected chi connectivity index (χ0v) is 11.2. The Morgan fingerprint density at radius 2 is 2.00 bits per heavy atom. The predicted octanol–water partition coefficient (Wildman–Crippen LogP) is 3.23. The molecule has 0 unspecified atom stereocenters. The molecule has 0 aliphatic carbocycles. The monoisotopic (exact) mass is 246 g/mol. The predicted molar refractivity (Wildman–Crippen MR) is 71.6 cm³/mol. The SMILES string of the molecule is COc1ccc(-c2cnoc2N)cc1C(C)(C)C. The van der Waals surface area contributed by atoms with E-state index in [0.29, 0.717) is 5.88 Å². The number of nitrogens with zero attached hydrogens (tertiary/aromatic N) is 1. The van der Waals surface area contributed by atoms with Gasteiger partial charge in [-0.1, -0.05) is 32.0 Å². The van der Waals surface area contributed by atoms with Crippen LogP contribution in [-0.4, -0.2) is 12.3 Å². The van der Waals surface area contributed by atoms with E-state index in [9.17, 15) is 0 Å². The van der Waals surface area contributed by atoms with Gasteiger partial charge < -0.3 is 15.0 Å². The van der Waals surface area contributed by atoms with Crippen molar-refractivity contribution in [1.29, 1.82) is 0 Å². The maximum absolute atomic E-state index is 5.74. The minimum atomic E-state index is -0.00667. The molecule has 0 atom stereocenters. The van der Waals surface area contributed by atoms with E-state index >= 15 is 0 Å². The third-order valence-electron chi connectivity index (χ3n) is 2.92. The quantitative estimate of drug-likeness (QED) is 0.883. The van der Waals surface area contributed by atoms with Crippen molar-refractivity contribution in [2.45, 2.75) is 26.2 Å². The van der Waals surface area contributed by atoms with E-state index in [1.807, 2.05) is 12.1 Å². The molecule has 0 aliphatic rings. The molecule has 2 N–H and O–H groups in total. The highest BCUT2D eigenvalue weighted by atomic mass is 16.5. The molecule has 18 heavy (non-hydrogen) atoms. The fourth-order valence-corrected chi connectivity index (χ4v) is 1.93. The van der Waals surface area contributed by atoms with Gasteiger partial charge in [-0.2, -0.15) is 0 Å². The molecule has 1 aromatic heterocycles. The van der Waals surface area contributed by atoms with Crippen molar-refractivity contribution >= 4 is 5.88 Å². The Kier molecular flexibility index (Phi) is 3.03. The second kappa shape index (κ2) is 4.37. The molecule has 0 radical (unpaired) electrons. The van der Waals surface area contributed by atoms with Crippen molar-refractivity contribution in [3.8, 4) is 16.9 Å². The molecular formula is C14H18N2O2. The van der Waals surface area contributed by atoms with Gasteiger partial charge in [-0.25, -0.2) is 0 Å². The van der Waals surface area contributed by atoms with Gasteiger partial charge in [-0.05, 0) is 23.1 Å². The fourth-order valence-electron chi connectivity index (χ4n) is 1.93. The third kappa shape index (κ3) is 2.18. The Labute approximate surface area is 107 Å². The second-order valence-corrected chi connectivity index (χ2v) is 5.27. The zero-order chi connectivity index (χ0) is 13.3. The zero-order valence-electron chi connectivity index (χ0n) is 11.2. The number of rotatable bonds is 2. The first-order valence-electron chi connectivity index (χ1n) is 5.82. The highest BCUT2D eigenvalue weighted by Gasteiger charge is 2.20. The lowest BCUT2D eigenvalue weighted by atomic mass is 9.85. The topological polar surface area (TPSA) is 61.3 Å². The molecule has 96 valence electrons. The van der Waals surface area contributed by atoms with Gasteiger partial charge in [0.2, 0.25) is 5.88 Å². The molecule has 2 aromatic rings. The lowest BCUT2D eigenvalue weighted by Gasteiger charge is -2.22.